The molecule has 2 N–H and O–H groups in total. The Labute approximate surface area is 167 Å². The minimum atomic E-state index is 0. The highest BCUT2D eigenvalue weighted by Crippen LogP contribution is 2.17. The molecule has 2 atom stereocenters. The fraction of sp³-hybridized carbons (Fsp3) is 0.765. The maximum atomic E-state index is 4.44. The van der Waals surface area contributed by atoms with Crippen LogP contribution in [0.4, 0.5) is 0 Å². The van der Waals surface area contributed by atoms with Crippen LogP contribution >= 0.6 is 35.3 Å². The van der Waals surface area contributed by atoms with Gasteiger partial charge in [-0.2, -0.15) is 0 Å². The Balaban J connectivity index is 0.00000288. The summed E-state index contributed by atoms with van der Waals surface area (Å²) in [6.45, 7) is 10.9. The van der Waals surface area contributed by atoms with Crippen LogP contribution in [0.1, 0.15) is 43.5 Å². The van der Waals surface area contributed by atoms with Crippen molar-refractivity contribution in [3.8, 4) is 0 Å². The monoisotopic (exact) mass is 465 g/mol. The maximum absolute atomic E-state index is 4.44. The van der Waals surface area contributed by atoms with Crippen LogP contribution in [0.15, 0.2) is 11.2 Å². The zero-order valence-corrected chi connectivity index (χ0v) is 18.5. The predicted molar refractivity (Wildman–Crippen MR) is 115 cm³/mol. The Hall–Kier alpha value is -0.410. The van der Waals surface area contributed by atoms with Gasteiger partial charge in [-0.3, -0.25) is 9.89 Å². The minimum Gasteiger partial charge on any atom is -0.355 e. The van der Waals surface area contributed by atoms with Crippen LogP contribution in [0.2, 0.25) is 0 Å². The third kappa shape index (κ3) is 6.84. The van der Waals surface area contributed by atoms with Crippen LogP contribution in [-0.2, 0) is 13.0 Å². The first kappa shape index (κ1) is 21.6. The highest BCUT2D eigenvalue weighted by Gasteiger charge is 2.20. The lowest BCUT2D eigenvalue weighted by atomic mass is 9.99. The molecule has 0 amide bonds. The van der Waals surface area contributed by atoms with Crippen molar-refractivity contribution in [3.63, 3.8) is 0 Å². The summed E-state index contributed by atoms with van der Waals surface area (Å²) in [6.07, 6.45) is 5.71. The van der Waals surface area contributed by atoms with Crippen LogP contribution < -0.4 is 10.6 Å². The summed E-state index contributed by atoms with van der Waals surface area (Å²) in [7, 11) is 1.82. The van der Waals surface area contributed by atoms with Gasteiger partial charge in [-0.05, 0) is 38.6 Å². The second kappa shape index (κ2) is 11.3. The lowest BCUT2D eigenvalue weighted by molar-refractivity contribution is 0.139. The SMILES string of the molecule is CCc1cnc(CNC(=NC)NCC(C)N2CCCC(C)C2)s1.I. The standard InChI is InChI=1S/C17H31N5S.HI/c1-5-15-10-19-16(23-15)11-21-17(18-4)20-9-14(3)22-8-6-7-13(2)12-22;/h10,13-14H,5-9,11-12H2,1-4H3,(H2,18,20,21);1H. The van der Waals surface area contributed by atoms with Gasteiger partial charge in [0.2, 0.25) is 0 Å². The summed E-state index contributed by atoms with van der Waals surface area (Å²) in [6, 6.07) is 0.530. The van der Waals surface area contributed by atoms with Gasteiger partial charge >= 0.3 is 0 Å². The zero-order valence-electron chi connectivity index (χ0n) is 15.3. The first-order valence-electron chi connectivity index (χ1n) is 8.74. The van der Waals surface area contributed by atoms with Crippen molar-refractivity contribution in [2.45, 2.75) is 52.6 Å². The molecule has 1 aromatic heterocycles. The number of nitrogens with zero attached hydrogens (tertiary/aromatic N) is 3. The van der Waals surface area contributed by atoms with Crippen molar-refractivity contribution in [2.75, 3.05) is 26.7 Å². The Bertz CT molecular complexity index is 505. The lowest BCUT2D eigenvalue weighted by Gasteiger charge is -2.35. The topological polar surface area (TPSA) is 52.6 Å². The van der Waals surface area contributed by atoms with E-state index in [-0.39, 0.29) is 24.0 Å². The van der Waals surface area contributed by atoms with Crippen molar-refractivity contribution in [1.29, 1.82) is 0 Å². The Morgan fingerprint density at radius 3 is 2.92 bits per heavy atom. The molecular weight excluding hydrogens is 433 g/mol. The van der Waals surface area contributed by atoms with E-state index < -0.39 is 0 Å². The molecule has 0 aliphatic carbocycles. The van der Waals surface area contributed by atoms with Crippen LogP contribution in [-0.4, -0.2) is 48.6 Å². The van der Waals surface area contributed by atoms with E-state index >= 15 is 0 Å². The number of aromatic nitrogens is 1. The molecule has 0 saturated carbocycles. The summed E-state index contributed by atoms with van der Waals surface area (Å²) in [5.41, 5.74) is 0. The molecule has 138 valence electrons. The number of hydrogen-bond acceptors (Lipinski definition) is 4. The second-order valence-electron chi connectivity index (χ2n) is 6.47. The fourth-order valence-electron chi connectivity index (χ4n) is 2.97. The van der Waals surface area contributed by atoms with Crippen molar-refractivity contribution >= 4 is 41.3 Å². The Morgan fingerprint density at radius 2 is 2.29 bits per heavy atom. The molecule has 0 bridgehead atoms. The van der Waals surface area contributed by atoms with Crippen molar-refractivity contribution in [1.82, 2.24) is 20.5 Å². The molecular formula is C17H32IN5S. The average molecular weight is 465 g/mol. The molecule has 1 saturated heterocycles. The zero-order chi connectivity index (χ0) is 16.7. The Morgan fingerprint density at radius 1 is 1.50 bits per heavy atom. The Kier molecular flexibility index (Phi) is 10.1. The maximum Gasteiger partial charge on any atom is 0.191 e. The van der Waals surface area contributed by atoms with Gasteiger partial charge in [0.1, 0.15) is 5.01 Å². The summed E-state index contributed by atoms with van der Waals surface area (Å²) in [4.78, 5) is 12.7. The second-order valence-corrected chi connectivity index (χ2v) is 7.67. The molecule has 1 aromatic rings. The van der Waals surface area contributed by atoms with Crippen LogP contribution in [0.5, 0.6) is 0 Å². The van der Waals surface area contributed by atoms with Crippen LogP contribution in [0, 0.1) is 5.92 Å². The molecule has 0 spiro atoms. The van der Waals surface area contributed by atoms with E-state index in [0.29, 0.717) is 6.04 Å². The summed E-state index contributed by atoms with van der Waals surface area (Å²) >= 11 is 1.77. The molecule has 2 unspecified atom stereocenters. The van der Waals surface area contributed by atoms with Gasteiger partial charge < -0.3 is 10.6 Å². The molecule has 2 rings (SSSR count). The highest BCUT2D eigenvalue weighted by atomic mass is 127. The quantitative estimate of drug-likeness (QED) is 0.385. The minimum absolute atomic E-state index is 0. The average Bonchev–Trinajstić information content (AvgIpc) is 3.03. The molecule has 7 heteroatoms. The summed E-state index contributed by atoms with van der Waals surface area (Å²) < 4.78 is 0. The largest absolute Gasteiger partial charge is 0.355 e. The molecule has 5 nitrogen and oxygen atoms in total. The number of rotatable bonds is 6. The number of guanidine groups is 1. The molecule has 1 fully saturated rings. The van der Waals surface area contributed by atoms with Gasteiger partial charge in [-0.1, -0.05) is 13.8 Å². The van der Waals surface area contributed by atoms with Crippen molar-refractivity contribution < 1.29 is 0 Å². The molecule has 2 heterocycles. The molecule has 0 radical (unpaired) electrons. The van der Waals surface area contributed by atoms with Crippen molar-refractivity contribution in [2.24, 2.45) is 10.9 Å². The molecule has 0 aromatic carbocycles. The molecule has 24 heavy (non-hydrogen) atoms. The van der Waals surface area contributed by atoms with Gasteiger partial charge in [0.05, 0.1) is 6.54 Å². The number of aryl methyl sites for hydroxylation is 1. The number of hydrogen-bond donors (Lipinski definition) is 2. The van der Waals surface area contributed by atoms with E-state index in [2.05, 4.69) is 46.3 Å². The van der Waals surface area contributed by atoms with E-state index in [4.69, 9.17) is 0 Å². The number of thiazole rings is 1. The smallest absolute Gasteiger partial charge is 0.191 e. The number of nitrogens with one attached hydrogen (secondary N) is 2. The number of piperidine rings is 1. The van der Waals surface area contributed by atoms with E-state index in [0.717, 1.165) is 36.4 Å². The van der Waals surface area contributed by atoms with Gasteiger partial charge in [0.25, 0.3) is 0 Å². The van der Waals surface area contributed by atoms with Crippen molar-refractivity contribution in [3.05, 3.63) is 16.1 Å². The summed E-state index contributed by atoms with van der Waals surface area (Å²) in [5, 5.41) is 7.92. The lowest BCUT2D eigenvalue weighted by Crippen LogP contribution is -2.48. The van der Waals surface area contributed by atoms with E-state index in [9.17, 15) is 0 Å². The van der Waals surface area contributed by atoms with E-state index in [1.54, 1.807) is 11.3 Å². The highest BCUT2D eigenvalue weighted by molar-refractivity contribution is 14.0. The normalized spacial score (nSPS) is 20.3. The number of aliphatic imine (C=N–C) groups is 1. The van der Waals surface area contributed by atoms with Gasteiger partial charge in [0.15, 0.2) is 5.96 Å². The van der Waals surface area contributed by atoms with E-state index in [1.165, 1.54) is 30.8 Å². The molecule has 1 aliphatic heterocycles. The third-order valence-corrected chi connectivity index (χ3v) is 5.60. The first-order valence-corrected chi connectivity index (χ1v) is 9.56. The van der Waals surface area contributed by atoms with Gasteiger partial charge in [-0.25, -0.2) is 4.98 Å². The van der Waals surface area contributed by atoms with E-state index in [1.807, 2.05) is 13.2 Å². The fourth-order valence-corrected chi connectivity index (χ4v) is 3.77. The third-order valence-electron chi connectivity index (χ3n) is 4.46. The summed E-state index contributed by atoms with van der Waals surface area (Å²) in [5.74, 6) is 1.68. The molecule has 1 aliphatic rings. The van der Waals surface area contributed by atoms with Crippen LogP contribution in [0.25, 0.3) is 0 Å². The van der Waals surface area contributed by atoms with Crippen LogP contribution in [0.3, 0.4) is 0 Å². The number of likely N-dealkylation sites (tertiary alicyclic amines) is 1. The predicted octanol–water partition coefficient (Wildman–Crippen LogP) is 3.11. The first-order chi connectivity index (χ1) is 11.1. The van der Waals surface area contributed by atoms with Gasteiger partial charge in [-0.15, -0.1) is 35.3 Å². The number of halogens is 1. The van der Waals surface area contributed by atoms with Gasteiger partial charge in [0, 0.05) is 37.3 Å².